The summed E-state index contributed by atoms with van der Waals surface area (Å²) in [5.41, 5.74) is 0. The molecule has 0 saturated heterocycles. The zero-order valence-corrected chi connectivity index (χ0v) is 21.5. The van der Waals surface area contributed by atoms with Crippen molar-refractivity contribution in [3.63, 3.8) is 0 Å². The van der Waals surface area contributed by atoms with E-state index in [9.17, 15) is 0 Å². The van der Waals surface area contributed by atoms with Crippen LogP contribution in [-0.2, 0) is 0 Å². The van der Waals surface area contributed by atoms with Crippen LogP contribution < -0.4 is 0 Å². The van der Waals surface area contributed by atoms with Crippen LogP contribution in [0.2, 0.25) is 4.18 Å². The molecule has 1 unspecified atom stereocenters. The van der Waals surface area contributed by atoms with Crippen molar-refractivity contribution in [2.45, 2.75) is 13.2 Å². The summed E-state index contributed by atoms with van der Waals surface area (Å²) < 4.78 is 2.38. The molecule has 0 aromatic rings. The minimum absolute atomic E-state index is 0.210. The second kappa shape index (κ2) is 16.0. The molecule has 0 N–H and O–H groups in total. The van der Waals surface area contributed by atoms with Crippen LogP contribution in [0.3, 0.4) is 0 Å². The number of hydrogen-bond acceptors (Lipinski definition) is 0. The molecule has 0 amide bonds. The van der Waals surface area contributed by atoms with Gasteiger partial charge in [0.1, 0.15) is 0 Å². The molecule has 0 spiro atoms. The van der Waals surface area contributed by atoms with Crippen LogP contribution in [0.4, 0.5) is 0 Å². The van der Waals surface area contributed by atoms with E-state index >= 15 is 0 Å². The Hall–Kier alpha value is 4.53. The standard InChI is InChI=1S/C3H5Br.3BrH.3In/c1-2-3-4;;;;;;/h3H,1-2H2;3*1H;;;/q;;;;3*+1/p-3. The van der Waals surface area contributed by atoms with E-state index in [1.165, 1.54) is 10.6 Å². The van der Waals surface area contributed by atoms with Gasteiger partial charge >= 0.3 is 129 Å². The molecule has 0 aromatic carbocycles. The van der Waals surface area contributed by atoms with Gasteiger partial charge in [-0.25, -0.2) is 0 Å². The molecule has 4 radical (unpaired) electrons. The fourth-order valence-electron chi connectivity index (χ4n) is 0.285. The van der Waals surface area contributed by atoms with Crippen molar-refractivity contribution in [2.24, 2.45) is 0 Å². The van der Waals surface area contributed by atoms with Crippen molar-refractivity contribution in [1.82, 2.24) is 0 Å². The predicted molar refractivity (Wildman–Crippen MR) is 66.2 cm³/mol. The normalized spacial score (nSPS) is 10.8. The summed E-state index contributed by atoms with van der Waals surface area (Å²) in [5, 5.41) is 0. The Balaban J connectivity index is 0. The van der Waals surface area contributed by atoms with E-state index in [0.29, 0.717) is 0 Å². The molecule has 0 heterocycles. The number of hydrogen-bond donors (Lipinski definition) is 0. The summed E-state index contributed by atoms with van der Waals surface area (Å²) in [5.74, 6) is 0. The quantitative estimate of drug-likeness (QED) is 0.396. The van der Waals surface area contributed by atoms with Crippen LogP contribution in [0.15, 0.2) is 0 Å². The summed E-state index contributed by atoms with van der Waals surface area (Å²) in [6.45, 7) is 0. The SMILES string of the molecule is [Br][In].[Br][In][CH2]C[CH](Br)[In][Br]. The van der Waals surface area contributed by atoms with E-state index in [4.69, 9.17) is 0 Å². The van der Waals surface area contributed by atoms with Gasteiger partial charge in [-0.3, -0.25) is 0 Å². The summed E-state index contributed by atoms with van der Waals surface area (Å²) in [4.78, 5) is 0. The van der Waals surface area contributed by atoms with Crippen molar-refractivity contribution in [3.05, 3.63) is 0 Å². The van der Waals surface area contributed by atoms with E-state index in [1.807, 2.05) is 0 Å². The molecule has 7 heteroatoms. The maximum absolute atomic E-state index is 3.62. The van der Waals surface area contributed by atoms with E-state index in [2.05, 4.69) is 52.8 Å². The topological polar surface area (TPSA) is 0 Å². The van der Waals surface area contributed by atoms with Gasteiger partial charge in [0, 0.05) is 0 Å². The molecule has 0 fully saturated rings. The van der Waals surface area contributed by atoms with Crippen LogP contribution >= 0.6 is 52.8 Å². The van der Waals surface area contributed by atoms with Gasteiger partial charge in [-0.05, 0) is 0 Å². The van der Waals surface area contributed by atoms with E-state index < -0.39 is 0 Å². The zero-order valence-electron chi connectivity index (χ0n) is 5.24. The van der Waals surface area contributed by atoms with Gasteiger partial charge in [0.2, 0.25) is 0 Å². The first kappa shape index (κ1) is 16.9. The third kappa shape index (κ3) is 15.0. The first-order valence-electron chi connectivity index (χ1n) is 2.52. The molecule has 10 heavy (non-hydrogen) atoms. The average Bonchev–Trinajstić information content (AvgIpc) is 2.04. The Morgan fingerprint density at radius 3 is 2.10 bits per heavy atom. The molecule has 0 aliphatic rings. The van der Waals surface area contributed by atoms with Gasteiger partial charge in [0.25, 0.3) is 0 Å². The molecule has 1 atom stereocenters. The van der Waals surface area contributed by atoms with Crippen LogP contribution in [0.1, 0.15) is 6.42 Å². The van der Waals surface area contributed by atoms with Gasteiger partial charge in [0.15, 0.2) is 0 Å². The summed E-state index contributed by atoms with van der Waals surface area (Å²) in [6.07, 6.45) is 1.42. The van der Waals surface area contributed by atoms with Crippen molar-refractivity contribution in [2.75, 3.05) is 0 Å². The van der Waals surface area contributed by atoms with E-state index in [1.54, 1.807) is 0 Å². The molecule has 54 valence electrons. The second-order valence-electron chi connectivity index (χ2n) is 1.37. The fraction of sp³-hybridized carbons (Fsp3) is 1.00. The molecule has 0 rings (SSSR count). The van der Waals surface area contributed by atoms with E-state index in [-0.39, 0.29) is 41.2 Å². The van der Waals surface area contributed by atoms with Crippen LogP contribution in [-0.4, -0.2) is 65.8 Å². The van der Waals surface area contributed by atoms with Gasteiger partial charge in [-0.1, -0.05) is 0 Å². The molecule has 0 nitrogen and oxygen atoms in total. The second-order valence-corrected chi connectivity index (χ2v) is 18.8. The number of halogens is 4. The fourth-order valence-corrected chi connectivity index (χ4v) is 10.9. The van der Waals surface area contributed by atoms with E-state index in [0.717, 1.165) is 24.6 Å². The number of alkyl halides is 1. The summed E-state index contributed by atoms with van der Waals surface area (Å²) in [7, 11) is 0. The third-order valence-corrected chi connectivity index (χ3v) is 18.3. The van der Waals surface area contributed by atoms with Crippen molar-refractivity contribution >= 4 is 116 Å². The zero-order chi connectivity index (χ0) is 8.41. The Kier molecular flexibility index (Phi) is 27.1. The molecule has 0 aliphatic carbocycles. The van der Waals surface area contributed by atoms with Crippen LogP contribution in [0.25, 0.3) is 0 Å². The maximum atomic E-state index is 3.62. The Morgan fingerprint density at radius 1 is 1.30 bits per heavy atom. The Labute approximate surface area is 126 Å². The van der Waals surface area contributed by atoms with Gasteiger partial charge < -0.3 is 0 Å². The monoisotopic (exact) mass is 701 g/mol. The van der Waals surface area contributed by atoms with Crippen LogP contribution in [0.5, 0.6) is 0 Å². The predicted octanol–water partition coefficient (Wildman–Crippen LogP) is 3.01. The minimum atomic E-state index is -0.322. The first-order valence-corrected chi connectivity index (χ1v) is 29.8. The van der Waals surface area contributed by atoms with Gasteiger partial charge in [-0.15, -0.1) is 0 Å². The van der Waals surface area contributed by atoms with Gasteiger partial charge in [0.05, 0.1) is 0 Å². The molecule has 0 aliphatic heterocycles. The molecule has 0 saturated carbocycles. The third-order valence-electron chi connectivity index (χ3n) is 0.688. The Morgan fingerprint density at radius 2 is 1.80 bits per heavy atom. The molecule has 0 aromatic heterocycles. The van der Waals surface area contributed by atoms with Crippen molar-refractivity contribution in [1.29, 1.82) is 0 Å². The molecular weight excluding hydrogens is 700 g/mol. The summed E-state index contributed by atoms with van der Waals surface area (Å²) in [6, 6.07) is 0. The van der Waals surface area contributed by atoms with Crippen molar-refractivity contribution < 1.29 is 0 Å². The van der Waals surface area contributed by atoms with Crippen molar-refractivity contribution in [3.8, 4) is 0 Å². The Bertz CT molecular complexity index is 55.0. The summed E-state index contributed by atoms with van der Waals surface area (Å²) >= 11 is 14.5. The first-order chi connectivity index (χ1) is 4.81. The average molecular weight is 705 g/mol. The number of rotatable bonds is 4. The molecular formula is C3H5Br4In3. The molecule has 0 bridgehead atoms. The van der Waals surface area contributed by atoms with Gasteiger partial charge in [-0.2, -0.15) is 0 Å². The van der Waals surface area contributed by atoms with Crippen LogP contribution in [0, 0.1) is 0 Å².